The van der Waals surface area contributed by atoms with Crippen molar-refractivity contribution < 1.29 is 10.2 Å². The number of hydrogen-bond acceptors (Lipinski definition) is 2. The molecule has 0 aliphatic carbocycles. The largest absolute Gasteiger partial charge is 0.508 e. The average Bonchev–Trinajstić information content (AvgIpc) is 2.63. The molecule has 0 saturated carbocycles. The first-order valence-corrected chi connectivity index (χ1v) is 8.92. The highest BCUT2D eigenvalue weighted by atomic mass is 16.3. The number of phenols is 2. The fourth-order valence-electron chi connectivity index (χ4n) is 3.48. The summed E-state index contributed by atoms with van der Waals surface area (Å²) in [6, 6.07) is 23.4. The molecule has 2 heteroatoms. The first kappa shape index (κ1) is 18.1. The third-order valence-corrected chi connectivity index (χ3v) is 5.48. The second-order valence-corrected chi connectivity index (χ2v) is 7.89. The normalized spacial score (nSPS) is 12.2. The topological polar surface area (TPSA) is 40.5 Å². The van der Waals surface area contributed by atoms with Crippen LogP contribution in [0.2, 0.25) is 0 Å². The van der Waals surface area contributed by atoms with Gasteiger partial charge in [0.25, 0.3) is 0 Å². The van der Waals surface area contributed by atoms with Crippen LogP contribution in [0.25, 0.3) is 0 Å². The molecule has 134 valence electrons. The minimum absolute atomic E-state index is 0.247. The van der Waals surface area contributed by atoms with Crippen molar-refractivity contribution in [2.24, 2.45) is 0 Å². The van der Waals surface area contributed by atoms with E-state index in [0.29, 0.717) is 5.75 Å². The highest BCUT2D eigenvalue weighted by molar-refractivity contribution is 5.50. The average molecular weight is 346 g/mol. The van der Waals surface area contributed by atoms with Gasteiger partial charge in [0.15, 0.2) is 0 Å². The predicted molar refractivity (Wildman–Crippen MR) is 107 cm³/mol. The van der Waals surface area contributed by atoms with Crippen LogP contribution in [0.3, 0.4) is 0 Å². The quantitative estimate of drug-likeness (QED) is 0.631. The molecule has 0 saturated heterocycles. The van der Waals surface area contributed by atoms with Gasteiger partial charge in [0.2, 0.25) is 0 Å². The van der Waals surface area contributed by atoms with E-state index < -0.39 is 0 Å². The Balaban J connectivity index is 2.09. The first-order valence-electron chi connectivity index (χ1n) is 8.92. The molecule has 3 rings (SSSR count). The van der Waals surface area contributed by atoms with Crippen LogP contribution in [0, 0.1) is 0 Å². The van der Waals surface area contributed by atoms with E-state index in [9.17, 15) is 10.2 Å². The van der Waals surface area contributed by atoms with Crippen LogP contribution in [0.1, 0.15) is 49.9 Å². The zero-order chi connectivity index (χ0) is 18.9. The van der Waals surface area contributed by atoms with Gasteiger partial charge in [0.1, 0.15) is 11.5 Å². The zero-order valence-corrected chi connectivity index (χ0v) is 15.8. The number of benzene rings is 3. The van der Waals surface area contributed by atoms with Crippen molar-refractivity contribution >= 4 is 0 Å². The van der Waals surface area contributed by atoms with Gasteiger partial charge in [-0.1, -0.05) is 82.3 Å². The zero-order valence-electron chi connectivity index (χ0n) is 15.8. The Morgan fingerprint density at radius 2 is 1.12 bits per heavy atom. The molecule has 3 aromatic rings. The number of aromatic hydroxyl groups is 2. The van der Waals surface area contributed by atoms with Gasteiger partial charge in [-0.15, -0.1) is 0 Å². The maximum Gasteiger partial charge on any atom is 0.119 e. The molecule has 0 bridgehead atoms. The monoisotopic (exact) mass is 346 g/mol. The molecule has 2 N–H and O–H groups in total. The molecule has 0 radical (unpaired) electrons. The lowest BCUT2D eigenvalue weighted by molar-refractivity contribution is 0.451. The molecular weight excluding hydrogens is 320 g/mol. The van der Waals surface area contributed by atoms with Gasteiger partial charge >= 0.3 is 0 Å². The standard InChI is InChI=1S/C24H26O2/c1-23(2,18-10-13-20(25)14-11-18)19-12-15-22(26)21(16-19)24(3,4)17-8-6-5-7-9-17/h5-16,25-26H,1-4H3. The SMILES string of the molecule is CC(C)(c1ccc(O)cc1)c1ccc(O)c(C(C)(C)c2ccccc2)c1. The fourth-order valence-corrected chi connectivity index (χ4v) is 3.48. The molecule has 0 fully saturated rings. The summed E-state index contributed by atoms with van der Waals surface area (Å²) < 4.78 is 0. The Bertz CT molecular complexity index is 891. The molecule has 2 nitrogen and oxygen atoms in total. The van der Waals surface area contributed by atoms with Crippen LogP contribution < -0.4 is 0 Å². The molecule has 0 heterocycles. The summed E-state index contributed by atoms with van der Waals surface area (Å²) >= 11 is 0. The van der Waals surface area contributed by atoms with Crippen molar-refractivity contribution in [3.8, 4) is 11.5 Å². The second kappa shape index (κ2) is 6.53. The van der Waals surface area contributed by atoms with Crippen LogP contribution >= 0.6 is 0 Å². The maximum atomic E-state index is 10.6. The first-order chi connectivity index (χ1) is 12.2. The number of phenolic OH excluding ortho intramolecular Hbond substituents is 2. The Labute approximate surface area is 155 Å². The molecule has 0 aliphatic heterocycles. The van der Waals surface area contributed by atoms with Gasteiger partial charge in [0.05, 0.1) is 0 Å². The summed E-state index contributed by atoms with van der Waals surface area (Å²) in [4.78, 5) is 0. The molecule has 0 unspecified atom stereocenters. The van der Waals surface area contributed by atoms with Gasteiger partial charge < -0.3 is 10.2 Å². The number of rotatable bonds is 4. The second-order valence-electron chi connectivity index (χ2n) is 7.89. The molecule has 0 atom stereocenters. The van der Waals surface area contributed by atoms with E-state index in [1.165, 1.54) is 0 Å². The van der Waals surface area contributed by atoms with Crippen LogP contribution in [0.15, 0.2) is 72.8 Å². The molecule has 0 spiro atoms. The summed E-state index contributed by atoms with van der Waals surface area (Å²) in [6.45, 7) is 8.58. The van der Waals surface area contributed by atoms with Crippen molar-refractivity contribution in [1.29, 1.82) is 0 Å². The van der Waals surface area contributed by atoms with Crippen LogP contribution in [0.5, 0.6) is 11.5 Å². The lowest BCUT2D eigenvalue weighted by Gasteiger charge is -2.31. The van der Waals surface area contributed by atoms with Crippen molar-refractivity contribution in [2.45, 2.75) is 38.5 Å². The Hall–Kier alpha value is -2.74. The predicted octanol–water partition coefficient (Wildman–Crippen LogP) is 5.75. The summed E-state index contributed by atoms with van der Waals surface area (Å²) in [6.07, 6.45) is 0. The molecule has 0 aliphatic rings. The van der Waals surface area contributed by atoms with E-state index in [0.717, 1.165) is 22.3 Å². The highest BCUT2D eigenvalue weighted by Crippen LogP contribution is 2.41. The van der Waals surface area contributed by atoms with Crippen molar-refractivity contribution in [3.63, 3.8) is 0 Å². The molecular formula is C24H26O2. The van der Waals surface area contributed by atoms with Gasteiger partial charge in [-0.2, -0.15) is 0 Å². The van der Waals surface area contributed by atoms with Crippen LogP contribution in [-0.2, 0) is 10.8 Å². The lowest BCUT2D eigenvalue weighted by atomic mass is 9.73. The third-order valence-electron chi connectivity index (χ3n) is 5.48. The lowest BCUT2D eigenvalue weighted by Crippen LogP contribution is -2.23. The van der Waals surface area contributed by atoms with Gasteiger partial charge in [-0.05, 0) is 34.9 Å². The smallest absolute Gasteiger partial charge is 0.119 e. The molecule has 0 amide bonds. The maximum absolute atomic E-state index is 10.6. The summed E-state index contributed by atoms with van der Waals surface area (Å²) in [7, 11) is 0. The fraction of sp³-hybridized carbons (Fsp3) is 0.250. The molecule has 3 aromatic carbocycles. The minimum atomic E-state index is -0.313. The Morgan fingerprint density at radius 1 is 0.577 bits per heavy atom. The summed E-state index contributed by atoms with van der Waals surface area (Å²) in [5.74, 6) is 0.574. The van der Waals surface area contributed by atoms with E-state index in [-0.39, 0.29) is 16.6 Å². The van der Waals surface area contributed by atoms with Crippen LogP contribution in [-0.4, -0.2) is 10.2 Å². The molecule has 26 heavy (non-hydrogen) atoms. The van der Waals surface area contributed by atoms with Crippen molar-refractivity contribution in [1.82, 2.24) is 0 Å². The van der Waals surface area contributed by atoms with Crippen LogP contribution in [0.4, 0.5) is 0 Å². The van der Waals surface area contributed by atoms with Crippen molar-refractivity contribution in [2.75, 3.05) is 0 Å². The van der Waals surface area contributed by atoms with E-state index in [2.05, 4.69) is 45.9 Å². The minimum Gasteiger partial charge on any atom is -0.508 e. The Kier molecular flexibility index (Phi) is 4.53. The van der Waals surface area contributed by atoms with Crippen molar-refractivity contribution in [3.05, 3.63) is 95.1 Å². The summed E-state index contributed by atoms with van der Waals surface area (Å²) in [5, 5.41) is 20.1. The van der Waals surface area contributed by atoms with E-state index in [4.69, 9.17) is 0 Å². The van der Waals surface area contributed by atoms with Gasteiger partial charge in [-0.25, -0.2) is 0 Å². The highest BCUT2D eigenvalue weighted by Gasteiger charge is 2.30. The van der Waals surface area contributed by atoms with E-state index in [1.54, 1.807) is 18.2 Å². The molecule has 0 aromatic heterocycles. The Morgan fingerprint density at radius 3 is 1.73 bits per heavy atom. The third kappa shape index (κ3) is 3.20. The summed E-state index contributed by atoms with van der Waals surface area (Å²) in [5.41, 5.74) is 3.75. The van der Waals surface area contributed by atoms with E-state index >= 15 is 0 Å². The van der Waals surface area contributed by atoms with Gasteiger partial charge in [-0.3, -0.25) is 0 Å². The van der Waals surface area contributed by atoms with Gasteiger partial charge in [0, 0.05) is 16.4 Å². The van der Waals surface area contributed by atoms with E-state index in [1.807, 2.05) is 36.4 Å². The number of hydrogen-bond donors (Lipinski definition) is 2.